The summed E-state index contributed by atoms with van der Waals surface area (Å²) in [6.45, 7) is 2.33. The minimum Gasteiger partial charge on any atom is -0.0925 e. The van der Waals surface area contributed by atoms with Gasteiger partial charge in [0.1, 0.15) is 0 Å². The molecule has 0 N–H and O–H groups in total. The molecule has 1 heterocycles. The van der Waals surface area contributed by atoms with Crippen LogP contribution in [0.2, 0.25) is 18.1 Å². The molecule has 0 bridgehead atoms. The van der Waals surface area contributed by atoms with E-state index in [0.29, 0.717) is 0 Å². The highest BCUT2D eigenvalue weighted by Gasteiger charge is 2.20. The molecule has 1 aliphatic rings. The van der Waals surface area contributed by atoms with E-state index in [1.807, 2.05) is 0 Å². The first-order chi connectivity index (χ1) is 5.36. The first kappa shape index (κ1) is 9.78. The van der Waals surface area contributed by atoms with Crippen molar-refractivity contribution >= 4 is 24.7 Å². The summed E-state index contributed by atoms with van der Waals surface area (Å²) in [4.78, 5) is 0. The zero-order valence-corrected chi connectivity index (χ0v) is 9.99. The molecule has 1 rings (SSSR count). The van der Waals surface area contributed by atoms with Crippen LogP contribution in [0.25, 0.3) is 0 Å². The van der Waals surface area contributed by atoms with Gasteiger partial charge in [0.2, 0.25) is 0 Å². The molecule has 11 heavy (non-hydrogen) atoms. The van der Waals surface area contributed by atoms with E-state index >= 15 is 0 Å². The Morgan fingerprint density at radius 1 is 1.36 bits per heavy atom. The molecule has 0 saturated carbocycles. The topological polar surface area (TPSA) is 0 Å². The van der Waals surface area contributed by atoms with E-state index in [2.05, 4.69) is 22.9 Å². The van der Waals surface area contributed by atoms with Gasteiger partial charge in [0.15, 0.2) is 0 Å². The van der Waals surface area contributed by atoms with Crippen molar-refractivity contribution in [2.45, 2.75) is 44.3 Å². The molecule has 0 atom stereocenters. The lowest BCUT2D eigenvalue weighted by molar-refractivity contribution is 0.528. The van der Waals surface area contributed by atoms with Crippen LogP contribution in [0, 0.1) is 5.92 Å². The minimum atomic E-state index is 0.138. The number of hydrogen-bond acceptors (Lipinski definition) is 0. The summed E-state index contributed by atoms with van der Waals surface area (Å²) in [5.74, 6) is 1.01. The van der Waals surface area contributed by atoms with Crippen molar-refractivity contribution in [1.29, 1.82) is 0 Å². The summed E-state index contributed by atoms with van der Waals surface area (Å²) in [7, 11) is 0.138. The molecule has 0 aromatic rings. The second-order valence-electron chi connectivity index (χ2n) is 3.60. The Balaban J connectivity index is 2.14. The summed E-state index contributed by atoms with van der Waals surface area (Å²) in [5, 5.41) is 1.24. The fraction of sp³-hybridized carbons (Fsp3) is 1.00. The minimum absolute atomic E-state index is 0.138. The molecule has 0 aliphatic carbocycles. The summed E-state index contributed by atoms with van der Waals surface area (Å²) < 4.78 is 0. The maximum Gasteiger partial charge on any atom is 0.0479 e. The number of hydrogen-bond donors (Lipinski definition) is 0. The molecule has 0 aromatic heterocycles. The Kier molecular flexibility index (Phi) is 4.77. The van der Waals surface area contributed by atoms with E-state index < -0.39 is 0 Å². The average molecular weight is 234 g/mol. The van der Waals surface area contributed by atoms with Gasteiger partial charge in [-0.25, -0.2) is 0 Å². The zero-order chi connectivity index (χ0) is 8.10. The van der Waals surface area contributed by atoms with Crippen molar-refractivity contribution < 1.29 is 0 Å². The van der Waals surface area contributed by atoms with Crippen molar-refractivity contribution in [1.82, 2.24) is 0 Å². The van der Waals surface area contributed by atoms with Gasteiger partial charge in [-0.15, -0.1) is 0 Å². The maximum absolute atomic E-state index is 3.58. The molecule has 1 fully saturated rings. The highest BCUT2D eigenvalue weighted by atomic mass is 79.9. The lowest BCUT2D eigenvalue weighted by Crippen LogP contribution is -2.21. The van der Waals surface area contributed by atoms with Crippen LogP contribution in [0.4, 0.5) is 0 Å². The van der Waals surface area contributed by atoms with Crippen LogP contribution in [0.3, 0.4) is 0 Å². The van der Waals surface area contributed by atoms with Crippen LogP contribution < -0.4 is 0 Å². The molecule has 2 heteroatoms. The predicted octanol–water partition coefficient (Wildman–Crippen LogP) is 3.70. The first-order valence-corrected chi connectivity index (χ1v) is 8.00. The Morgan fingerprint density at radius 3 is 2.45 bits per heavy atom. The summed E-state index contributed by atoms with van der Waals surface area (Å²) >= 11 is 3.58. The van der Waals surface area contributed by atoms with Crippen LogP contribution in [-0.4, -0.2) is 14.1 Å². The third kappa shape index (κ3) is 3.28. The molecule has 0 spiro atoms. The van der Waals surface area contributed by atoms with Crippen LogP contribution >= 0.6 is 15.9 Å². The van der Waals surface area contributed by atoms with Crippen LogP contribution in [0.1, 0.15) is 26.2 Å². The van der Waals surface area contributed by atoms with Crippen LogP contribution in [-0.2, 0) is 0 Å². The van der Waals surface area contributed by atoms with Crippen molar-refractivity contribution in [3.05, 3.63) is 0 Å². The highest BCUT2D eigenvalue weighted by molar-refractivity contribution is 9.09. The molecular formula is C9H18BrSi. The fourth-order valence-electron chi connectivity index (χ4n) is 1.84. The second-order valence-corrected chi connectivity index (χ2v) is 7.25. The van der Waals surface area contributed by atoms with Crippen molar-refractivity contribution in [2.24, 2.45) is 5.92 Å². The van der Waals surface area contributed by atoms with E-state index in [9.17, 15) is 0 Å². The summed E-state index contributed by atoms with van der Waals surface area (Å²) in [6, 6.07) is 4.75. The van der Waals surface area contributed by atoms with E-state index in [1.54, 1.807) is 18.1 Å². The molecule has 0 aromatic carbocycles. The average Bonchev–Trinajstić information content (AvgIpc) is 2.07. The molecular weight excluding hydrogens is 216 g/mol. The first-order valence-electron chi connectivity index (χ1n) is 4.76. The van der Waals surface area contributed by atoms with Gasteiger partial charge in [0.05, 0.1) is 0 Å². The van der Waals surface area contributed by atoms with Gasteiger partial charge < -0.3 is 0 Å². The monoisotopic (exact) mass is 233 g/mol. The number of halogens is 1. The molecule has 0 amide bonds. The normalized spacial score (nSPS) is 22.4. The van der Waals surface area contributed by atoms with Gasteiger partial charge in [0.25, 0.3) is 0 Å². The van der Waals surface area contributed by atoms with Gasteiger partial charge in [-0.05, 0) is 5.92 Å². The van der Waals surface area contributed by atoms with Gasteiger partial charge in [-0.1, -0.05) is 60.2 Å². The predicted molar refractivity (Wildman–Crippen MR) is 57.0 cm³/mol. The molecule has 0 unspecified atom stereocenters. The molecule has 1 aliphatic heterocycles. The largest absolute Gasteiger partial charge is 0.0925 e. The van der Waals surface area contributed by atoms with Gasteiger partial charge >= 0.3 is 0 Å². The zero-order valence-electron chi connectivity index (χ0n) is 7.41. The maximum atomic E-state index is 3.58. The molecule has 1 radical (unpaired) electrons. The van der Waals surface area contributed by atoms with Crippen molar-refractivity contribution in [3.63, 3.8) is 0 Å². The van der Waals surface area contributed by atoms with E-state index in [0.717, 1.165) is 5.92 Å². The SMILES string of the molecule is CCC[Si]1CCC(CBr)CC1. The van der Waals surface area contributed by atoms with Crippen LogP contribution in [0.15, 0.2) is 0 Å². The summed E-state index contributed by atoms with van der Waals surface area (Å²) in [5.41, 5.74) is 0. The number of alkyl halides is 1. The quantitative estimate of drug-likeness (QED) is 0.516. The lowest BCUT2D eigenvalue weighted by Gasteiger charge is -2.25. The van der Waals surface area contributed by atoms with Gasteiger partial charge in [-0.2, -0.15) is 0 Å². The smallest absolute Gasteiger partial charge is 0.0479 e. The van der Waals surface area contributed by atoms with Crippen LogP contribution in [0.5, 0.6) is 0 Å². The standard InChI is InChI=1S/C9H18BrSi/c1-2-5-11-6-3-9(8-10)4-7-11/h9H,2-8H2,1H3. The van der Waals surface area contributed by atoms with E-state index in [1.165, 1.54) is 24.6 Å². The van der Waals surface area contributed by atoms with E-state index in [4.69, 9.17) is 0 Å². The Hall–Kier alpha value is 0.697. The fourth-order valence-corrected chi connectivity index (χ4v) is 5.58. The third-order valence-electron chi connectivity index (χ3n) is 2.63. The van der Waals surface area contributed by atoms with E-state index in [-0.39, 0.29) is 8.80 Å². The Bertz CT molecular complexity index is 97.7. The van der Waals surface area contributed by atoms with Crippen molar-refractivity contribution in [3.8, 4) is 0 Å². The molecule has 65 valence electrons. The third-order valence-corrected chi connectivity index (χ3v) is 6.75. The lowest BCUT2D eigenvalue weighted by atomic mass is 10.1. The van der Waals surface area contributed by atoms with Crippen molar-refractivity contribution in [2.75, 3.05) is 5.33 Å². The number of rotatable bonds is 3. The second kappa shape index (κ2) is 5.36. The Morgan fingerprint density at radius 2 is 2.00 bits per heavy atom. The van der Waals surface area contributed by atoms with Gasteiger partial charge in [0, 0.05) is 14.1 Å². The highest BCUT2D eigenvalue weighted by Crippen LogP contribution is 2.28. The summed E-state index contributed by atoms with van der Waals surface area (Å²) in [6.07, 6.45) is 4.45. The molecule has 1 saturated heterocycles. The van der Waals surface area contributed by atoms with Gasteiger partial charge in [-0.3, -0.25) is 0 Å². The Labute approximate surface area is 80.5 Å². The molecule has 0 nitrogen and oxygen atoms in total.